The van der Waals surface area contributed by atoms with Gasteiger partial charge in [-0.1, -0.05) is 11.6 Å². The minimum absolute atomic E-state index is 0.0324. The molecule has 0 fully saturated rings. The maximum atomic E-state index is 12.5. The number of aromatic nitrogens is 4. The first-order valence-corrected chi connectivity index (χ1v) is 10.5. The van der Waals surface area contributed by atoms with Gasteiger partial charge in [0.05, 0.1) is 27.8 Å². The van der Waals surface area contributed by atoms with E-state index < -0.39 is 13.2 Å². The minimum atomic E-state index is -2.92. The molecular formula is C23H19ClF4N4O2. The van der Waals surface area contributed by atoms with Gasteiger partial charge in [0.25, 0.3) is 0 Å². The van der Waals surface area contributed by atoms with Crippen molar-refractivity contribution in [3.8, 4) is 34.0 Å². The fourth-order valence-electron chi connectivity index (χ4n) is 3.45. The monoisotopic (exact) mass is 494 g/mol. The van der Waals surface area contributed by atoms with Crippen molar-refractivity contribution in [1.29, 1.82) is 0 Å². The van der Waals surface area contributed by atoms with Crippen LogP contribution in [0.1, 0.15) is 11.4 Å². The molecule has 0 bridgehead atoms. The van der Waals surface area contributed by atoms with Gasteiger partial charge in [0, 0.05) is 11.1 Å². The molecule has 2 aromatic heterocycles. The number of ether oxygens (including phenoxy) is 2. The van der Waals surface area contributed by atoms with E-state index in [1.807, 2.05) is 6.92 Å². The van der Waals surface area contributed by atoms with E-state index in [2.05, 4.69) is 19.7 Å². The molecule has 4 aromatic rings. The number of hydrogen-bond donors (Lipinski definition) is 0. The molecule has 178 valence electrons. The molecule has 0 saturated heterocycles. The molecule has 0 aliphatic heterocycles. The standard InChI is InChI=1S/C23H19ClF4N4O2/c1-13-21(24)14(2)31(29-13)12-32-20(16-5-9-18(10-6-16)34-23(27)28)11-19(30-32)15-3-7-17(8-4-15)33-22(25)26/h3-11,22-23H,12H2,1-2H3. The smallest absolute Gasteiger partial charge is 0.387 e. The van der Waals surface area contributed by atoms with Gasteiger partial charge in [0.1, 0.15) is 18.2 Å². The van der Waals surface area contributed by atoms with E-state index in [0.717, 1.165) is 5.69 Å². The summed E-state index contributed by atoms with van der Waals surface area (Å²) in [6.45, 7) is -1.97. The highest BCUT2D eigenvalue weighted by atomic mass is 35.5. The lowest BCUT2D eigenvalue weighted by Gasteiger charge is -2.10. The molecule has 11 heteroatoms. The van der Waals surface area contributed by atoms with Crippen molar-refractivity contribution in [1.82, 2.24) is 19.6 Å². The summed E-state index contributed by atoms with van der Waals surface area (Å²) in [5.41, 5.74) is 4.05. The molecule has 34 heavy (non-hydrogen) atoms. The normalized spacial score (nSPS) is 11.4. The van der Waals surface area contributed by atoms with E-state index in [0.29, 0.717) is 33.2 Å². The second kappa shape index (κ2) is 9.76. The molecule has 0 unspecified atom stereocenters. The predicted molar refractivity (Wildman–Crippen MR) is 118 cm³/mol. The lowest BCUT2D eigenvalue weighted by Crippen LogP contribution is -2.13. The summed E-state index contributed by atoms with van der Waals surface area (Å²) in [4.78, 5) is 0. The number of rotatable bonds is 8. The second-order valence-electron chi connectivity index (χ2n) is 7.35. The Bertz CT molecular complexity index is 1270. The zero-order chi connectivity index (χ0) is 24.4. The van der Waals surface area contributed by atoms with Crippen LogP contribution in [0.25, 0.3) is 22.5 Å². The molecule has 0 aliphatic rings. The fraction of sp³-hybridized carbons (Fsp3) is 0.217. The van der Waals surface area contributed by atoms with Gasteiger partial charge in [-0.15, -0.1) is 0 Å². The van der Waals surface area contributed by atoms with Crippen LogP contribution in [0.5, 0.6) is 11.5 Å². The lowest BCUT2D eigenvalue weighted by molar-refractivity contribution is -0.0505. The van der Waals surface area contributed by atoms with Crippen LogP contribution in [-0.2, 0) is 6.67 Å². The molecular weight excluding hydrogens is 476 g/mol. The van der Waals surface area contributed by atoms with E-state index in [4.69, 9.17) is 11.6 Å². The Balaban J connectivity index is 1.72. The van der Waals surface area contributed by atoms with Crippen LogP contribution in [0.4, 0.5) is 17.6 Å². The Morgan fingerprint density at radius 3 is 1.79 bits per heavy atom. The van der Waals surface area contributed by atoms with Crippen LogP contribution in [0.2, 0.25) is 5.02 Å². The summed E-state index contributed by atoms with van der Waals surface area (Å²) in [6.07, 6.45) is 0. The van der Waals surface area contributed by atoms with E-state index in [-0.39, 0.29) is 18.2 Å². The van der Waals surface area contributed by atoms with Gasteiger partial charge in [-0.05, 0) is 68.4 Å². The van der Waals surface area contributed by atoms with Gasteiger partial charge >= 0.3 is 13.2 Å². The van der Waals surface area contributed by atoms with E-state index in [9.17, 15) is 17.6 Å². The Morgan fingerprint density at radius 2 is 1.32 bits per heavy atom. The van der Waals surface area contributed by atoms with Crippen LogP contribution in [0.3, 0.4) is 0 Å². The van der Waals surface area contributed by atoms with Crippen molar-refractivity contribution in [2.75, 3.05) is 0 Å². The third-order valence-electron chi connectivity index (χ3n) is 5.09. The Labute approximate surface area is 197 Å². The highest BCUT2D eigenvalue weighted by molar-refractivity contribution is 6.31. The predicted octanol–water partition coefficient (Wildman–Crippen LogP) is 6.39. The number of alkyl halides is 4. The second-order valence-corrected chi connectivity index (χ2v) is 7.72. The molecule has 4 rings (SSSR count). The van der Waals surface area contributed by atoms with Crippen molar-refractivity contribution in [3.05, 3.63) is 71.0 Å². The topological polar surface area (TPSA) is 54.1 Å². The van der Waals surface area contributed by atoms with Gasteiger partial charge in [-0.25, -0.2) is 9.36 Å². The number of benzene rings is 2. The van der Waals surface area contributed by atoms with E-state index in [1.165, 1.54) is 24.3 Å². The zero-order valence-electron chi connectivity index (χ0n) is 18.1. The minimum Gasteiger partial charge on any atom is -0.435 e. The first kappa shape index (κ1) is 23.6. The van der Waals surface area contributed by atoms with Crippen LogP contribution in [0.15, 0.2) is 54.6 Å². The average Bonchev–Trinajstić information content (AvgIpc) is 3.31. The molecule has 0 radical (unpaired) electrons. The average molecular weight is 495 g/mol. The van der Waals surface area contributed by atoms with Crippen LogP contribution >= 0.6 is 11.6 Å². The highest BCUT2D eigenvalue weighted by Crippen LogP contribution is 2.30. The summed E-state index contributed by atoms with van der Waals surface area (Å²) in [5.74, 6) is 0.0651. The summed E-state index contributed by atoms with van der Waals surface area (Å²) >= 11 is 6.28. The molecule has 2 aromatic carbocycles. The van der Waals surface area contributed by atoms with Gasteiger partial charge in [-0.3, -0.25) is 0 Å². The first-order valence-electron chi connectivity index (χ1n) is 10.1. The SMILES string of the molecule is Cc1nn(Cn2nc(-c3ccc(OC(F)F)cc3)cc2-c2ccc(OC(F)F)cc2)c(C)c1Cl. The molecule has 0 spiro atoms. The maximum absolute atomic E-state index is 12.5. The van der Waals surface area contributed by atoms with Gasteiger partial charge in [0.15, 0.2) is 0 Å². The summed E-state index contributed by atoms with van der Waals surface area (Å²) in [6, 6.07) is 14.1. The third-order valence-corrected chi connectivity index (χ3v) is 5.64. The molecule has 0 amide bonds. The van der Waals surface area contributed by atoms with Gasteiger partial charge in [0.2, 0.25) is 0 Å². The molecule has 2 heterocycles. The van der Waals surface area contributed by atoms with E-state index in [1.54, 1.807) is 46.6 Å². The van der Waals surface area contributed by atoms with Crippen molar-refractivity contribution in [3.63, 3.8) is 0 Å². The molecule has 0 N–H and O–H groups in total. The van der Waals surface area contributed by atoms with Crippen LogP contribution < -0.4 is 9.47 Å². The number of hydrogen-bond acceptors (Lipinski definition) is 4. The summed E-state index contributed by atoms with van der Waals surface area (Å²) < 4.78 is 62.1. The zero-order valence-corrected chi connectivity index (χ0v) is 18.8. The van der Waals surface area contributed by atoms with Crippen molar-refractivity contribution >= 4 is 11.6 Å². The van der Waals surface area contributed by atoms with E-state index >= 15 is 0 Å². The van der Waals surface area contributed by atoms with Crippen molar-refractivity contribution < 1.29 is 27.0 Å². The third kappa shape index (κ3) is 5.17. The molecule has 0 atom stereocenters. The molecule has 0 aliphatic carbocycles. The van der Waals surface area contributed by atoms with Crippen LogP contribution in [0, 0.1) is 13.8 Å². The number of halogens is 5. The number of aryl methyl sites for hydroxylation is 1. The van der Waals surface area contributed by atoms with Crippen molar-refractivity contribution in [2.24, 2.45) is 0 Å². The maximum Gasteiger partial charge on any atom is 0.387 e. The van der Waals surface area contributed by atoms with Crippen molar-refractivity contribution in [2.45, 2.75) is 33.7 Å². The molecule has 6 nitrogen and oxygen atoms in total. The fourth-order valence-corrected chi connectivity index (χ4v) is 3.59. The van der Waals surface area contributed by atoms with Crippen LogP contribution in [-0.4, -0.2) is 32.8 Å². The summed E-state index contributed by atoms with van der Waals surface area (Å²) in [7, 11) is 0. The Morgan fingerprint density at radius 1 is 0.794 bits per heavy atom. The molecule has 0 saturated carbocycles. The lowest BCUT2D eigenvalue weighted by atomic mass is 10.1. The van der Waals surface area contributed by atoms with Gasteiger partial charge < -0.3 is 9.47 Å². The first-order chi connectivity index (χ1) is 16.2. The largest absolute Gasteiger partial charge is 0.435 e. The number of nitrogens with zero attached hydrogens (tertiary/aromatic N) is 4. The quantitative estimate of drug-likeness (QED) is 0.266. The highest BCUT2D eigenvalue weighted by Gasteiger charge is 2.16. The summed E-state index contributed by atoms with van der Waals surface area (Å²) in [5, 5.41) is 9.66. The Hall–Kier alpha value is -3.53. The Kier molecular flexibility index (Phi) is 6.78. The van der Waals surface area contributed by atoms with Gasteiger partial charge in [-0.2, -0.15) is 27.8 Å².